The van der Waals surface area contributed by atoms with Gasteiger partial charge in [0.25, 0.3) is 0 Å². The minimum absolute atomic E-state index is 0.0619. The van der Waals surface area contributed by atoms with E-state index >= 15 is 0 Å². The maximum atomic E-state index is 11.4. The SMILES string of the molecule is CN(C)CCN1CC(C)(C)NC1=O. The van der Waals surface area contributed by atoms with Gasteiger partial charge in [-0.1, -0.05) is 0 Å². The van der Waals surface area contributed by atoms with Crippen LogP contribution < -0.4 is 5.32 Å². The van der Waals surface area contributed by atoms with Gasteiger partial charge in [0.05, 0.1) is 5.54 Å². The largest absolute Gasteiger partial charge is 0.331 e. The summed E-state index contributed by atoms with van der Waals surface area (Å²) in [6.07, 6.45) is 0. The lowest BCUT2D eigenvalue weighted by atomic mass is 10.1. The highest BCUT2D eigenvalue weighted by atomic mass is 16.2. The molecular weight excluding hydrogens is 166 g/mol. The number of likely N-dealkylation sites (N-methyl/N-ethyl adjacent to an activating group) is 1. The molecule has 0 bridgehead atoms. The van der Waals surface area contributed by atoms with Gasteiger partial charge in [-0.05, 0) is 27.9 Å². The molecule has 2 amide bonds. The zero-order valence-electron chi connectivity index (χ0n) is 8.92. The third kappa shape index (κ3) is 2.88. The highest BCUT2D eigenvalue weighted by molar-refractivity contribution is 5.77. The van der Waals surface area contributed by atoms with Crippen molar-refractivity contribution < 1.29 is 4.79 Å². The standard InChI is InChI=1S/C9H19N3O/c1-9(2)7-12(8(13)10-9)6-5-11(3)4/h5-7H2,1-4H3,(H,10,13). The van der Waals surface area contributed by atoms with Crippen molar-refractivity contribution >= 4 is 6.03 Å². The van der Waals surface area contributed by atoms with Gasteiger partial charge in [-0.15, -0.1) is 0 Å². The van der Waals surface area contributed by atoms with Gasteiger partial charge in [-0.2, -0.15) is 0 Å². The summed E-state index contributed by atoms with van der Waals surface area (Å²) in [6.45, 7) is 6.62. The topological polar surface area (TPSA) is 35.6 Å². The minimum Gasteiger partial charge on any atom is -0.331 e. The Labute approximate surface area is 79.9 Å². The van der Waals surface area contributed by atoms with E-state index in [1.165, 1.54) is 0 Å². The van der Waals surface area contributed by atoms with Gasteiger partial charge >= 0.3 is 6.03 Å². The number of hydrogen-bond acceptors (Lipinski definition) is 2. The quantitative estimate of drug-likeness (QED) is 0.688. The second kappa shape index (κ2) is 3.54. The molecule has 0 saturated carbocycles. The number of carbonyl (C=O) groups excluding carboxylic acids is 1. The smallest absolute Gasteiger partial charge is 0.317 e. The van der Waals surface area contributed by atoms with Crippen molar-refractivity contribution in [3.05, 3.63) is 0 Å². The molecule has 0 spiro atoms. The first-order valence-corrected chi connectivity index (χ1v) is 4.62. The maximum Gasteiger partial charge on any atom is 0.317 e. The minimum atomic E-state index is -0.0661. The Bertz CT molecular complexity index is 201. The Kier molecular flexibility index (Phi) is 2.81. The Morgan fingerprint density at radius 3 is 2.54 bits per heavy atom. The molecule has 0 aromatic rings. The molecule has 0 radical (unpaired) electrons. The summed E-state index contributed by atoms with van der Waals surface area (Å²) < 4.78 is 0. The third-order valence-electron chi connectivity index (χ3n) is 2.14. The number of hydrogen-bond donors (Lipinski definition) is 1. The predicted molar refractivity (Wildman–Crippen MR) is 52.7 cm³/mol. The van der Waals surface area contributed by atoms with Crippen LogP contribution in [-0.4, -0.2) is 55.1 Å². The van der Waals surface area contributed by atoms with Crippen molar-refractivity contribution in [2.24, 2.45) is 0 Å². The van der Waals surface area contributed by atoms with Crippen LogP contribution in [0.15, 0.2) is 0 Å². The third-order valence-corrected chi connectivity index (χ3v) is 2.14. The highest BCUT2D eigenvalue weighted by Gasteiger charge is 2.33. The Morgan fingerprint density at radius 1 is 1.54 bits per heavy atom. The van der Waals surface area contributed by atoms with Gasteiger partial charge in [-0.25, -0.2) is 4.79 Å². The van der Waals surface area contributed by atoms with Crippen LogP contribution >= 0.6 is 0 Å². The first-order valence-electron chi connectivity index (χ1n) is 4.62. The van der Waals surface area contributed by atoms with Crippen molar-refractivity contribution in [2.45, 2.75) is 19.4 Å². The molecule has 0 unspecified atom stereocenters. The van der Waals surface area contributed by atoms with E-state index in [9.17, 15) is 4.79 Å². The van der Waals surface area contributed by atoms with E-state index in [1.807, 2.05) is 32.8 Å². The molecule has 0 aromatic heterocycles. The molecule has 13 heavy (non-hydrogen) atoms. The van der Waals surface area contributed by atoms with Gasteiger partial charge in [0, 0.05) is 19.6 Å². The lowest BCUT2D eigenvalue weighted by molar-refractivity contribution is 0.212. The van der Waals surface area contributed by atoms with E-state index in [1.54, 1.807) is 0 Å². The fourth-order valence-electron chi connectivity index (χ4n) is 1.46. The van der Waals surface area contributed by atoms with Crippen LogP contribution in [0.4, 0.5) is 4.79 Å². The summed E-state index contributed by atoms with van der Waals surface area (Å²) in [7, 11) is 4.03. The Balaban J connectivity index is 2.40. The van der Waals surface area contributed by atoms with E-state index < -0.39 is 0 Å². The molecule has 1 N–H and O–H groups in total. The second-order valence-corrected chi connectivity index (χ2v) is 4.54. The normalized spacial score (nSPS) is 21.0. The van der Waals surface area contributed by atoms with E-state index in [2.05, 4.69) is 10.2 Å². The van der Waals surface area contributed by atoms with Crippen LogP contribution in [0.25, 0.3) is 0 Å². The number of rotatable bonds is 3. The van der Waals surface area contributed by atoms with Crippen molar-refractivity contribution in [1.82, 2.24) is 15.1 Å². The monoisotopic (exact) mass is 185 g/mol. The first kappa shape index (κ1) is 10.3. The first-order chi connectivity index (χ1) is 5.91. The predicted octanol–water partition coefficient (Wildman–Crippen LogP) is 0.352. The molecule has 4 nitrogen and oxygen atoms in total. The van der Waals surface area contributed by atoms with Crippen LogP contribution in [0, 0.1) is 0 Å². The lowest BCUT2D eigenvalue weighted by Gasteiger charge is -2.19. The number of nitrogens with zero attached hydrogens (tertiary/aromatic N) is 2. The fraction of sp³-hybridized carbons (Fsp3) is 0.889. The molecule has 1 heterocycles. The number of carbonyl (C=O) groups is 1. The van der Waals surface area contributed by atoms with E-state index in [-0.39, 0.29) is 11.6 Å². The number of amides is 2. The Hall–Kier alpha value is -0.770. The van der Waals surface area contributed by atoms with Gasteiger partial charge in [0.15, 0.2) is 0 Å². The molecule has 76 valence electrons. The van der Waals surface area contributed by atoms with Gasteiger partial charge < -0.3 is 15.1 Å². The van der Waals surface area contributed by atoms with Crippen LogP contribution in [0.1, 0.15) is 13.8 Å². The van der Waals surface area contributed by atoms with Gasteiger partial charge in [0.1, 0.15) is 0 Å². The van der Waals surface area contributed by atoms with Crippen molar-refractivity contribution in [3.8, 4) is 0 Å². The van der Waals surface area contributed by atoms with Crippen molar-refractivity contribution in [3.63, 3.8) is 0 Å². The highest BCUT2D eigenvalue weighted by Crippen LogP contribution is 2.13. The van der Waals surface area contributed by atoms with Crippen LogP contribution in [0.3, 0.4) is 0 Å². The molecule has 0 aliphatic carbocycles. The number of nitrogens with one attached hydrogen (secondary N) is 1. The molecule has 1 rings (SSSR count). The summed E-state index contributed by atoms with van der Waals surface area (Å²) in [5.41, 5.74) is -0.0661. The summed E-state index contributed by atoms with van der Waals surface area (Å²) in [4.78, 5) is 15.3. The van der Waals surface area contributed by atoms with Gasteiger partial charge in [-0.3, -0.25) is 0 Å². The summed E-state index contributed by atoms with van der Waals surface area (Å²) in [5.74, 6) is 0. The van der Waals surface area contributed by atoms with Crippen molar-refractivity contribution in [2.75, 3.05) is 33.7 Å². The van der Waals surface area contributed by atoms with Gasteiger partial charge in [0.2, 0.25) is 0 Å². The number of urea groups is 1. The van der Waals surface area contributed by atoms with E-state index in [4.69, 9.17) is 0 Å². The summed E-state index contributed by atoms with van der Waals surface area (Å²) in [6, 6.07) is 0.0619. The maximum absolute atomic E-state index is 11.4. The molecular formula is C9H19N3O. The average molecular weight is 185 g/mol. The van der Waals surface area contributed by atoms with E-state index in [0.29, 0.717) is 0 Å². The summed E-state index contributed by atoms with van der Waals surface area (Å²) >= 11 is 0. The zero-order chi connectivity index (χ0) is 10.1. The van der Waals surface area contributed by atoms with Crippen LogP contribution in [-0.2, 0) is 0 Å². The molecule has 0 atom stereocenters. The Morgan fingerprint density at radius 2 is 2.15 bits per heavy atom. The zero-order valence-corrected chi connectivity index (χ0v) is 8.92. The van der Waals surface area contributed by atoms with Crippen LogP contribution in [0.2, 0.25) is 0 Å². The molecule has 4 heteroatoms. The molecule has 1 aliphatic rings. The van der Waals surface area contributed by atoms with Crippen LogP contribution in [0.5, 0.6) is 0 Å². The van der Waals surface area contributed by atoms with Crippen molar-refractivity contribution in [1.29, 1.82) is 0 Å². The molecule has 1 aliphatic heterocycles. The molecule has 0 aromatic carbocycles. The van der Waals surface area contributed by atoms with E-state index in [0.717, 1.165) is 19.6 Å². The molecule has 1 fully saturated rings. The summed E-state index contributed by atoms with van der Waals surface area (Å²) in [5, 5.41) is 2.94. The lowest BCUT2D eigenvalue weighted by Crippen LogP contribution is -2.36. The molecule has 1 saturated heterocycles. The average Bonchev–Trinajstić information content (AvgIpc) is 2.20. The fourth-order valence-corrected chi connectivity index (χ4v) is 1.46. The second-order valence-electron chi connectivity index (χ2n) is 4.54.